The zero-order chi connectivity index (χ0) is 14.5. The highest BCUT2D eigenvalue weighted by molar-refractivity contribution is 9.10. The highest BCUT2D eigenvalue weighted by Gasteiger charge is 2.12. The summed E-state index contributed by atoms with van der Waals surface area (Å²) in [5.74, 6) is -0.451. The summed E-state index contributed by atoms with van der Waals surface area (Å²) in [6, 6.07) is 11.5. The minimum Gasteiger partial charge on any atom is -0.475 e. The number of aromatic carboxylic acids is 1. The van der Waals surface area contributed by atoms with Crippen LogP contribution in [0.3, 0.4) is 0 Å². The van der Waals surface area contributed by atoms with Gasteiger partial charge in [0, 0.05) is 10.5 Å². The fourth-order valence-corrected chi connectivity index (χ4v) is 2.27. The van der Waals surface area contributed by atoms with Gasteiger partial charge in [-0.1, -0.05) is 35.0 Å². The van der Waals surface area contributed by atoms with Crippen molar-refractivity contribution in [3.8, 4) is 0 Å². The van der Waals surface area contributed by atoms with Gasteiger partial charge in [0.05, 0.1) is 6.54 Å². The molecule has 106 valence electrons. The number of rotatable bonds is 6. The molecule has 0 radical (unpaired) electrons. The largest absolute Gasteiger partial charge is 0.475 e. The number of hydrogen-bond acceptors (Lipinski definition) is 3. The van der Waals surface area contributed by atoms with Crippen LogP contribution in [0.15, 0.2) is 45.3 Å². The topological polar surface area (TPSA) is 62.5 Å². The third-order valence-corrected chi connectivity index (χ3v) is 3.60. The third kappa shape index (κ3) is 3.71. The van der Waals surface area contributed by atoms with Gasteiger partial charge >= 0.3 is 5.97 Å². The highest BCUT2D eigenvalue weighted by atomic mass is 79.9. The van der Waals surface area contributed by atoms with Gasteiger partial charge in [0.25, 0.3) is 0 Å². The van der Waals surface area contributed by atoms with Crippen LogP contribution in [0.1, 0.15) is 41.3 Å². The minimum absolute atomic E-state index is 0.0292. The highest BCUT2D eigenvalue weighted by Crippen LogP contribution is 2.20. The van der Waals surface area contributed by atoms with Crippen molar-refractivity contribution in [2.45, 2.75) is 25.9 Å². The van der Waals surface area contributed by atoms with Gasteiger partial charge < -0.3 is 14.8 Å². The third-order valence-electron chi connectivity index (χ3n) is 3.08. The molecule has 5 heteroatoms. The number of furan rings is 1. The van der Waals surface area contributed by atoms with Crippen molar-refractivity contribution in [2.75, 3.05) is 0 Å². The quantitative estimate of drug-likeness (QED) is 0.836. The molecule has 4 nitrogen and oxygen atoms in total. The summed E-state index contributed by atoms with van der Waals surface area (Å²) < 4.78 is 6.27. The van der Waals surface area contributed by atoms with Gasteiger partial charge in [0.1, 0.15) is 5.76 Å². The molecule has 2 aromatic rings. The Hall–Kier alpha value is -1.59. The first-order valence-corrected chi connectivity index (χ1v) is 7.20. The summed E-state index contributed by atoms with van der Waals surface area (Å²) in [5, 5.41) is 12.2. The van der Waals surface area contributed by atoms with E-state index in [0.29, 0.717) is 12.3 Å². The maximum absolute atomic E-state index is 10.7. The van der Waals surface area contributed by atoms with Crippen molar-refractivity contribution in [1.29, 1.82) is 0 Å². The Bertz CT molecular complexity index is 577. The van der Waals surface area contributed by atoms with Gasteiger partial charge in [-0.3, -0.25) is 0 Å². The number of hydrogen-bond donors (Lipinski definition) is 2. The van der Waals surface area contributed by atoms with Crippen molar-refractivity contribution < 1.29 is 14.3 Å². The minimum atomic E-state index is -1.05. The first kappa shape index (κ1) is 14.8. The molecule has 0 fully saturated rings. The van der Waals surface area contributed by atoms with Gasteiger partial charge in [-0.2, -0.15) is 0 Å². The molecule has 0 saturated heterocycles. The molecule has 2 rings (SSSR count). The Morgan fingerprint density at radius 1 is 1.30 bits per heavy atom. The zero-order valence-electron chi connectivity index (χ0n) is 11.1. The molecule has 1 aromatic carbocycles. The molecule has 0 saturated carbocycles. The standard InChI is InChI=1S/C15H16BrNO3/c1-2-13(10-3-5-11(16)6-4-10)17-9-12-7-8-14(20-12)15(18)19/h3-8,13,17H,2,9H2,1H3,(H,18,19). The maximum Gasteiger partial charge on any atom is 0.371 e. The van der Waals surface area contributed by atoms with Crippen LogP contribution in [0.2, 0.25) is 0 Å². The zero-order valence-corrected chi connectivity index (χ0v) is 12.7. The molecular weight excluding hydrogens is 322 g/mol. The summed E-state index contributed by atoms with van der Waals surface area (Å²) in [5.41, 5.74) is 1.20. The fraction of sp³-hybridized carbons (Fsp3) is 0.267. The van der Waals surface area contributed by atoms with Gasteiger partial charge in [-0.05, 0) is 36.2 Å². The first-order valence-electron chi connectivity index (χ1n) is 6.41. The van der Waals surface area contributed by atoms with Gasteiger partial charge in [0.15, 0.2) is 0 Å². The fourth-order valence-electron chi connectivity index (χ4n) is 2.00. The van der Waals surface area contributed by atoms with E-state index in [1.54, 1.807) is 6.07 Å². The van der Waals surface area contributed by atoms with E-state index in [9.17, 15) is 4.79 Å². The molecule has 20 heavy (non-hydrogen) atoms. The van der Waals surface area contributed by atoms with E-state index in [2.05, 4.69) is 40.3 Å². The van der Waals surface area contributed by atoms with Gasteiger partial charge in [-0.15, -0.1) is 0 Å². The lowest BCUT2D eigenvalue weighted by molar-refractivity contribution is 0.0660. The van der Waals surface area contributed by atoms with E-state index in [4.69, 9.17) is 9.52 Å². The monoisotopic (exact) mass is 337 g/mol. The molecule has 0 aliphatic rings. The van der Waals surface area contributed by atoms with Crippen molar-refractivity contribution in [2.24, 2.45) is 0 Å². The Balaban J connectivity index is 1.99. The van der Waals surface area contributed by atoms with Crippen LogP contribution in [0.4, 0.5) is 0 Å². The number of halogens is 1. The normalized spacial score (nSPS) is 12.3. The predicted octanol–water partition coefficient (Wildman–Crippen LogP) is 3.98. The second-order valence-corrected chi connectivity index (χ2v) is 5.38. The van der Waals surface area contributed by atoms with Crippen molar-refractivity contribution in [3.05, 3.63) is 58.0 Å². The average Bonchev–Trinajstić information content (AvgIpc) is 2.90. The molecule has 0 spiro atoms. The van der Waals surface area contributed by atoms with E-state index in [1.165, 1.54) is 11.6 Å². The summed E-state index contributed by atoms with van der Waals surface area (Å²) in [7, 11) is 0. The number of carboxylic acid groups (broad SMARTS) is 1. The van der Waals surface area contributed by atoms with E-state index >= 15 is 0 Å². The lowest BCUT2D eigenvalue weighted by Crippen LogP contribution is -2.19. The molecule has 1 aromatic heterocycles. The Labute approximate surface area is 125 Å². The molecule has 2 N–H and O–H groups in total. The molecule has 1 heterocycles. The predicted molar refractivity (Wildman–Crippen MR) is 79.7 cm³/mol. The van der Waals surface area contributed by atoms with E-state index in [0.717, 1.165) is 10.9 Å². The van der Waals surface area contributed by atoms with Crippen molar-refractivity contribution >= 4 is 21.9 Å². The average molecular weight is 338 g/mol. The number of benzene rings is 1. The van der Waals surface area contributed by atoms with Crippen LogP contribution in [-0.2, 0) is 6.54 Å². The lowest BCUT2D eigenvalue weighted by atomic mass is 10.0. The van der Waals surface area contributed by atoms with E-state index in [1.807, 2.05) is 12.1 Å². The summed E-state index contributed by atoms with van der Waals surface area (Å²) in [6.45, 7) is 2.60. The summed E-state index contributed by atoms with van der Waals surface area (Å²) in [6.07, 6.45) is 0.939. The van der Waals surface area contributed by atoms with Crippen molar-refractivity contribution in [1.82, 2.24) is 5.32 Å². The molecule has 0 amide bonds. The molecule has 0 aliphatic heterocycles. The second-order valence-electron chi connectivity index (χ2n) is 4.46. The van der Waals surface area contributed by atoms with E-state index in [-0.39, 0.29) is 11.8 Å². The van der Waals surface area contributed by atoms with Crippen LogP contribution in [0.5, 0.6) is 0 Å². The second kappa shape index (κ2) is 6.72. The Morgan fingerprint density at radius 2 is 2.00 bits per heavy atom. The number of carbonyl (C=O) groups is 1. The van der Waals surface area contributed by atoms with Crippen LogP contribution in [-0.4, -0.2) is 11.1 Å². The van der Waals surface area contributed by atoms with Crippen LogP contribution < -0.4 is 5.32 Å². The Kier molecular flexibility index (Phi) is 4.98. The van der Waals surface area contributed by atoms with Crippen LogP contribution >= 0.6 is 15.9 Å². The summed E-state index contributed by atoms with van der Waals surface area (Å²) in [4.78, 5) is 10.7. The van der Waals surface area contributed by atoms with Crippen LogP contribution in [0.25, 0.3) is 0 Å². The SMILES string of the molecule is CCC(NCc1ccc(C(=O)O)o1)c1ccc(Br)cc1. The summed E-state index contributed by atoms with van der Waals surface area (Å²) >= 11 is 3.42. The smallest absolute Gasteiger partial charge is 0.371 e. The molecule has 1 unspecified atom stereocenters. The van der Waals surface area contributed by atoms with Crippen LogP contribution in [0, 0.1) is 0 Å². The number of nitrogens with one attached hydrogen (secondary N) is 1. The van der Waals surface area contributed by atoms with Gasteiger partial charge in [-0.25, -0.2) is 4.79 Å². The van der Waals surface area contributed by atoms with Crippen molar-refractivity contribution in [3.63, 3.8) is 0 Å². The molecule has 1 atom stereocenters. The number of carboxylic acids is 1. The molecule has 0 bridgehead atoms. The van der Waals surface area contributed by atoms with Gasteiger partial charge in [0.2, 0.25) is 5.76 Å². The molecular formula is C15H16BrNO3. The maximum atomic E-state index is 10.7. The molecule has 0 aliphatic carbocycles. The lowest BCUT2D eigenvalue weighted by Gasteiger charge is -2.16. The Morgan fingerprint density at radius 3 is 2.55 bits per heavy atom. The first-order chi connectivity index (χ1) is 9.60. The van der Waals surface area contributed by atoms with E-state index < -0.39 is 5.97 Å².